The second-order valence-corrected chi connectivity index (χ2v) is 6.36. The molecular formula is C18H22N2O3. The molecule has 2 rings (SSSR count). The van der Waals surface area contributed by atoms with Crippen LogP contribution in [0.2, 0.25) is 0 Å². The van der Waals surface area contributed by atoms with Crippen molar-refractivity contribution in [2.24, 2.45) is 7.05 Å². The number of carbonyl (C=O) groups excluding carboxylic acids is 2. The average molecular weight is 314 g/mol. The Balaban J connectivity index is 2.28. The van der Waals surface area contributed by atoms with E-state index >= 15 is 0 Å². The zero-order valence-corrected chi connectivity index (χ0v) is 13.9. The minimum Gasteiger partial charge on any atom is -0.444 e. The molecule has 0 radical (unpaired) electrons. The lowest BCUT2D eigenvalue weighted by atomic mass is 10.0. The molecule has 0 aliphatic rings. The molecular weight excluding hydrogens is 292 g/mol. The molecule has 1 N–H and O–H groups in total. The molecule has 0 aliphatic heterocycles. The number of benzene rings is 1. The fourth-order valence-corrected chi connectivity index (χ4v) is 2.24. The SMILES string of the molecule is Cn1cccc1C(=O)[C@H](NC(=O)OC(C)(C)C)c1ccccc1. The van der Waals surface area contributed by atoms with Crippen molar-refractivity contribution in [2.75, 3.05) is 0 Å². The van der Waals surface area contributed by atoms with Gasteiger partial charge in [0.15, 0.2) is 0 Å². The highest BCUT2D eigenvalue weighted by Crippen LogP contribution is 2.19. The Bertz CT molecular complexity index is 684. The molecule has 1 atom stereocenters. The van der Waals surface area contributed by atoms with E-state index in [1.807, 2.05) is 30.3 Å². The van der Waals surface area contributed by atoms with Crippen molar-refractivity contribution in [2.45, 2.75) is 32.4 Å². The molecule has 0 bridgehead atoms. The Morgan fingerprint density at radius 3 is 2.26 bits per heavy atom. The van der Waals surface area contributed by atoms with Crippen LogP contribution < -0.4 is 5.32 Å². The summed E-state index contributed by atoms with van der Waals surface area (Å²) in [5, 5.41) is 2.68. The maximum absolute atomic E-state index is 12.8. The highest BCUT2D eigenvalue weighted by Gasteiger charge is 2.27. The number of rotatable bonds is 4. The molecule has 1 heterocycles. The van der Waals surface area contributed by atoms with Gasteiger partial charge in [0, 0.05) is 13.2 Å². The number of ether oxygens (including phenoxy) is 1. The average Bonchev–Trinajstić information content (AvgIpc) is 2.89. The Kier molecular flexibility index (Phi) is 4.89. The first kappa shape index (κ1) is 16.8. The molecule has 5 nitrogen and oxygen atoms in total. The minimum absolute atomic E-state index is 0.186. The standard InChI is InChI=1S/C18H22N2O3/c1-18(2,3)23-17(22)19-15(13-9-6-5-7-10-13)16(21)14-11-8-12-20(14)4/h5-12,15H,1-4H3,(H,19,22)/t15-/m1/s1. The number of amides is 1. The van der Waals surface area contributed by atoms with Gasteiger partial charge in [-0.2, -0.15) is 0 Å². The van der Waals surface area contributed by atoms with Crippen molar-refractivity contribution in [3.8, 4) is 0 Å². The van der Waals surface area contributed by atoms with E-state index in [4.69, 9.17) is 4.74 Å². The molecule has 122 valence electrons. The highest BCUT2D eigenvalue weighted by molar-refractivity contribution is 6.01. The second-order valence-electron chi connectivity index (χ2n) is 6.36. The van der Waals surface area contributed by atoms with E-state index < -0.39 is 17.7 Å². The summed E-state index contributed by atoms with van der Waals surface area (Å²) in [6.07, 6.45) is 1.18. The topological polar surface area (TPSA) is 60.3 Å². The van der Waals surface area contributed by atoms with Gasteiger partial charge in [0.05, 0.1) is 5.69 Å². The molecule has 0 saturated heterocycles. The van der Waals surface area contributed by atoms with Crippen LogP contribution in [0.5, 0.6) is 0 Å². The van der Waals surface area contributed by atoms with Crippen LogP contribution in [0.1, 0.15) is 42.9 Å². The predicted octanol–water partition coefficient (Wildman–Crippen LogP) is 3.47. The Hall–Kier alpha value is -2.56. The summed E-state index contributed by atoms with van der Waals surface area (Å²) in [4.78, 5) is 24.9. The summed E-state index contributed by atoms with van der Waals surface area (Å²) < 4.78 is 7.01. The van der Waals surface area contributed by atoms with Gasteiger partial charge >= 0.3 is 6.09 Å². The van der Waals surface area contributed by atoms with Crippen LogP contribution in [-0.4, -0.2) is 22.0 Å². The third-order valence-electron chi connectivity index (χ3n) is 3.25. The molecule has 1 amide bonds. The van der Waals surface area contributed by atoms with Crippen LogP contribution in [0.25, 0.3) is 0 Å². The molecule has 1 aromatic heterocycles. The second kappa shape index (κ2) is 6.69. The molecule has 0 aliphatic carbocycles. The smallest absolute Gasteiger partial charge is 0.408 e. The first-order valence-corrected chi connectivity index (χ1v) is 7.48. The number of aryl methyl sites for hydroxylation is 1. The van der Waals surface area contributed by atoms with Gasteiger partial charge in [-0.15, -0.1) is 0 Å². The fraction of sp³-hybridized carbons (Fsp3) is 0.333. The molecule has 0 unspecified atom stereocenters. The van der Waals surface area contributed by atoms with Crippen LogP contribution in [0.4, 0.5) is 4.79 Å². The third-order valence-corrected chi connectivity index (χ3v) is 3.25. The van der Waals surface area contributed by atoms with Gasteiger partial charge in [-0.25, -0.2) is 4.79 Å². The zero-order valence-electron chi connectivity index (χ0n) is 13.9. The van der Waals surface area contributed by atoms with E-state index in [1.165, 1.54) is 0 Å². The quantitative estimate of drug-likeness (QED) is 0.879. The summed E-state index contributed by atoms with van der Waals surface area (Å²) >= 11 is 0. The zero-order chi connectivity index (χ0) is 17.0. The number of hydrogen-bond donors (Lipinski definition) is 1. The van der Waals surface area contributed by atoms with Crippen LogP contribution >= 0.6 is 0 Å². The molecule has 23 heavy (non-hydrogen) atoms. The van der Waals surface area contributed by atoms with E-state index in [0.29, 0.717) is 11.3 Å². The maximum atomic E-state index is 12.8. The molecule has 5 heteroatoms. The van der Waals surface area contributed by atoms with Crippen molar-refractivity contribution < 1.29 is 14.3 Å². The molecule has 0 spiro atoms. The van der Waals surface area contributed by atoms with Crippen molar-refractivity contribution in [3.05, 3.63) is 59.9 Å². The maximum Gasteiger partial charge on any atom is 0.408 e. The molecule has 0 fully saturated rings. The van der Waals surface area contributed by atoms with E-state index in [2.05, 4.69) is 5.32 Å². The number of Topliss-reactive ketones (excluding diaryl/α,β-unsaturated/α-hetero) is 1. The fourth-order valence-electron chi connectivity index (χ4n) is 2.24. The van der Waals surface area contributed by atoms with E-state index in [-0.39, 0.29) is 5.78 Å². The number of ketones is 1. The Morgan fingerprint density at radius 1 is 1.09 bits per heavy atom. The normalized spacial score (nSPS) is 12.5. The number of nitrogens with zero attached hydrogens (tertiary/aromatic N) is 1. The van der Waals surface area contributed by atoms with Crippen molar-refractivity contribution in [1.29, 1.82) is 0 Å². The Morgan fingerprint density at radius 2 is 1.74 bits per heavy atom. The molecule has 2 aromatic rings. The first-order chi connectivity index (χ1) is 10.8. The van der Waals surface area contributed by atoms with Gasteiger partial charge in [-0.1, -0.05) is 30.3 Å². The predicted molar refractivity (Wildman–Crippen MR) is 88.3 cm³/mol. The van der Waals surface area contributed by atoms with E-state index in [0.717, 1.165) is 0 Å². The van der Waals surface area contributed by atoms with Crippen LogP contribution in [0.15, 0.2) is 48.7 Å². The lowest BCUT2D eigenvalue weighted by Gasteiger charge is -2.23. The lowest BCUT2D eigenvalue weighted by molar-refractivity contribution is 0.0490. The van der Waals surface area contributed by atoms with Crippen LogP contribution in [0.3, 0.4) is 0 Å². The van der Waals surface area contributed by atoms with Crippen LogP contribution in [-0.2, 0) is 11.8 Å². The van der Waals surface area contributed by atoms with Crippen molar-refractivity contribution in [3.63, 3.8) is 0 Å². The summed E-state index contributed by atoms with van der Waals surface area (Å²) in [6, 6.07) is 11.9. The molecule has 1 aromatic carbocycles. The first-order valence-electron chi connectivity index (χ1n) is 7.48. The van der Waals surface area contributed by atoms with Gasteiger partial charge in [0.25, 0.3) is 0 Å². The number of alkyl carbamates (subject to hydrolysis) is 1. The summed E-state index contributed by atoms with van der Waals surface area (Å²) in [7, 11) is 1.79. The number of nitrogens with one attached hydrogen (secondary N) is 1. The summed E-state index contributed by atoms with van der Waals surface area (Å²) in [6.45, 7) is 5.34. The van der Waals surface area contributed by atoms with Crippen molar-refractivity contribution in [1.82, 2.24) is 9.88 Å². The minimum atomic E-state index is -0.792. The number of carbonyl (C=O) groups is 2. The van der Waals surface area contributed by atoms with Crippen molar-refractivity contribution >= 4 is 11.9 Å². The van der Waals surface area contributed by atoms with Gasteiger partial charge < -0.3 is 14.6 Å². The number of aromatic nitrogens is 1. The van der Waals surface area contributed by atoms with Gasteiger partial charge in [0.1, 0.15) is 11.6 Å². The van der Waals surface area contributed by atoms with E-state index in [1.54, 1.807) is 50.7 Å². The summed E-state index contributed by atoms with van der Waals surface area (Å²) in [5.41, 5.74) is 0.610. The third kappa shape index (κ3) is 4.45. The van der Waals surface area contributed by atoms with E-state index in [9.17, 15) is 9.59 Å². The largest absolute Gasteiger partial charge is 0.444 e. The molecule has 0 saturated carbocycles. The Labute approximate surface area is 136 Å². The van der Waals surface area contributed by atoms with Crippen LogP contribution in [0, 0.1) is 0 Å². The van der Waals surface area contributed by atoms with Gasteiger partial charge in [-0.3, -0.25) is 4.79 Å². The lowest BCUT2D eigenvalue weighted by Crippen LogP contribution is -2.38. The number of hydrogen-bond acceptors (Lipinski definition) is 3. The van der Waals surface area contributed by atoms with Gasteiger partial charge in [0.2, 0.25) is 5.78 Å². The monoisotopic (exact) mass is 314 g/mol. The highest BCUT2D eigenvalue weighted by atomic mass is 16.6. The summed E-state index contributed by atoms with van der Waals surface area (Å²) in [5.74, 6) is -0.186. The van der Waals surface area contributed by atoms with Gasteiger partial charge in [-0.05, 0) is 38.5 Å².